The second-order valence-electron chi connectivity index (χ2n) is 5.80. The van der Waals surface area contributed by atoms with Crippen LogP contribution in [0.15, 0.2) is 48.8 Å². The van der Waals surface area contributed by atoms with E-state index in [4.69, 9.17) is 5.21 Å². The Bertz CT molecular complexity index is 838. The number of anilines is 2. The Morgan fingerprint density at radius 2 is 2.08 bits per heavy atom. The van der Waals surface area contributed by atoms with E-state index in [2.05, 4.69) is 15.6 Å². The van der Waals surface area contributed by atoms with E-state index in [1.54, 1.807) is 36.1 Å². The summed E-state index contributed by atoms with van der Waals surface area (Å²) < 4.78 is 0. The molecule has 2 aromatic rings. The van der Waals surface area contributed by atoms with Crippen LogP contribution in [-0.4, -0.2) is 41.8 Å². The summed E-state index contributed by atoms with van der Waals surface area (Å²) in [6.45, 7) is 0.421. The Morgan fingerprint density at radius 1 is 1.31 bits per heavy atom. The molecule has 1 unspecified atom stereocenters. The summed E-state index contributed by atoms with van der Waals surface area (Å²) in [6.07, 6.45) is 5.92. The molecule has 0 radical (unpaired) electrons. The summed E-state index contributed by atoms with van der Waals surface area (Å²) in [5.74, 6) is -0.746. The molecule has 1 aromatic carbocycles. The second kappa shape index (κ2) is 7.66. The van der Waals surface area contributed by atoms with Crippen molar-refractivity contribution < 1.29 is 14.8 Å². The third kappa shape index (κ3) is 3.81. The lowest BCUT2D eigenvalue weighted by molar-refractivity contribution is -0.124. The zero-order valence-corrected chi connectivity index (χ0v) is 14.1. The Kier molecular flexibility index (Phi) is 5.14. The fraction of sp³-hybridized carbons (Fsp3) is 0.167. The van der Waals surface area contributed by atoms with Crippen LogP contribution in [0.5, 0.6) is 0 Å². The zero-order valence-electron chi connectivity index (χ0n) is 14.1. The van der Waals surface area contributed by atoms with Gasteiger partial charge >= 0.3 is 0 Å². The molecule has 134 valence electrons. The molecule has 4 N–H and O–H groups in total. The molecule has 0 aliphatic carbocycles. The number of amides is 2. The lowest BCUT2D eigenvalue weighted by atomic mass is 10.1. The maximum Gasteiger partial charge on any atom is 0.267 e. The van der Waals surface area contributed by atoms with Gasteiger partial charge in [-0.3, -0.25) is 19.8 Å². The molecule has 0 saturated heterocycles. The fourth-order valence-corrected chi connectivity index (χ4v) is 2.72. The van der Waals surface area contributed by atoms with Gasteiger partial charge in [0.1, 0.15) is 6.17 Å². The number of carbonyl (C=O) groups is 2. The highest BCUT2D eigenvalue weighted by Crippen LogP contribution is 2.34. The first-order valence-electron chi connectivity index (χ1n) is 8.02. The molecule has 0 spiro atoms. The van der Waals surface area contributed by atoms with Gasteiger partial charge in [-0.25, -0.2) is 5.48 Å². The summed E-state index contributed by atoms with van der Waals surface area (Å²) in [5, 5.41) is 14.8. The third-order valence-corrected chi connectivity index (χ3v) is 4.13. The molecular formula is C18H19N5O3. The Labute approximate surface area is 150 Å². The van der Waals surface area contributed by atoms with Gasteiger partial charge in [-0.15, -0.1) is 0 Å². The highest BCUT2D eigenvalue weighted by molar-refractivity contribution is 5.94. The molecule has 0 saturated carbocycles. The minimum atomic E-state index is -0.590. The first-order chi connectivity index (χ1) is 12.6. The van der Waals surface area contributed by atoms with Crippen molar-refractivity contribution in [3.8, 4) is 0 Å². The van der Waals surface area contributed by atoms with Gasteiger partial charge in [-0.1, -0.05) is 6.07 Å². The minimum Gasteiger partial charge on any atom is -0.362 e. The summed E-state index contributed by atoms with van der Waals surface area (Å²) in [7, 11) is 1.94. The van der Waals surface area contributed by atoms with Gasteiger partial charge in [0.2, 0.25) is 0 Å². The highest BCUT2D eigenvalue weighted by atomic mass is 16.5. The van der Waals surface area contributed by atoms with Crippen molar-refractivity contribution in [2.24, 2.45) is 0 Å². The Morgan fingerprint density at radius 3 is 2.81 bits per heavy atom. The number of aromatic nitrogens is 1. The van der Waals surface area contributed by atoms with Gasteiger partial charge in [-0.05, 0) is 35.9 Å². The molecule has 1 aliphatic rings. The molecule has 1 aliphatic heterocycles. The normalized spacial score (nSPS) is 15.5. The highest BCUT2D eigenvalue weighted by Gasteiger charge is 2.26. The van der Waals surface area contributed by atoms with E-state index in [1.165, 1.54) is 6.08 Å². The van der Waals surface area contributed by atoms with Crippen LogP contribution >= 0.6 is 0 Å². The van der Waals surface area contributed by atoms with E-state index in [9.17, 15) is 9.59 Å². The van der Waals surface area contributed by atoms with Crippen molar-refractivity contribution in [3.05, 3.63) is 59.9 Å². The molecule has 1 atom stereocenters. The molecule has 3 rings (SSSR count). The lowest BCUT2D eigenvalue weighted by Gasteiger charge is -2.22. The van der Waals surface area contributed by atoms with Gasteiger partial charge < -0.3 is 15.5 Å². The number of likely N-dealkylation sites (N-methyl/N-ethyl adjacent to an activating group) is 1. The first-order valence-corrected chi connectivity index (χ1v) is 8.02. The van der Waals surface area contributed by atoms with Crippen molar-refractivity contribution in [3.63, 3.8) is 0 Å². The van der Waals surface area contributed by atoms with Crippen LogP contribution in [0.1, 0.15) is 15.9 Å². The number of hydrogen-bond donors (Lipinski definition) is 4. The molecule has 2 heterocycles. The van der Waals surface area contributed by atoms with Crippen LogP contribution < -0.4 is 21.0 Å². The average molecular weight is 353 g/mol. The van der Waals surface area contributed by atoms with E-state index < -0.39 is 5.91 Å². The van der Waals surface area contributed by atoms with E-state index in [1.807, 2.05) is 30.1 Å². The number of rotatable bonds is 5. The van der Waals surface area contributed by atoms with E-state index in [-0.39, 0.29) is 12.1 Å². The van der Waals surface area contributed by atoms with Gasteiger partial charge in [0.05, 0.1) is 17.9 Å². The maximum absolute atomic E-state index is 12.2. The monoisotopic (exact) mass is 353 g/mol. The number of nitrogens with zero attached hydrogens (tertiary/aromatic N) is 2. The standard InChI is InChI=1S/C18H19N5O3/c1-23-15-4-2-12(3-5-17(24)22-26)10-14(15)21-16(23)11-20-18(25)13-6-8-19-9-7-13/h2-10,16,21,26H,11H2,1H3,(H,20,25)(H,22,24). The van der Waals surface area contributed by atoms with Crippen molar-refractivity contribution >= 4 is 29.3 Å². The van der Waals surface area contributed by atoms with Crippen LogP contribution in [0.2, 0.25) is 0 Å². The van der Waals surface area contributed by atoms with E-state index in [0.29, 0.717) is 12.1 Å². The number of benzene rings is 1. The molecule has 1 aromatic heterocycles. The van der Waals surface area contributed by atoms with Crippen molar-refractivity contribution in [1.82, 2.24) is 15.8 Å². The van der Waals surface area contributed by atoms with Crippen LogP contribution in [0.4, 0.5) is 11.4 Å². The van der Waals surface area contributed by atoms with Crippen molar-refractivity contribution in [1.29, 1.82) is 0 Å². The fourth-order valence-electron chi connectivity index (χ4n) is 2.72. The number of carbonyl (C=O) groups excluding carboxylic acids is 2. The van der Waals surface area contributed by atoms with Gasteiger partial charge in [0.15, 0.2) is 0 Å². The molecule has 0 bridgehead atoms. The Balaban J connectivity index is 1.64. The maximum atomic E-state index is 12.2. The van der Waals surface area contributed by atoms with Gasteiger partial charge in [0.25, 0.3) is 11.8 Å². The topological polar surface area (TPSA) is 107 Å². The molecular weight excluding hydrogens is 334 g/mol. The predicted molar refractivity (Wildman–Crippen MR) is 97.8 cm³/mol. The molecule has 0 fully saturated rings. The average Bonchev–Trinajstić information content (AvgIpc) is 3.00. The predicted octanol–water partition coefficient (Wildman–Crippen LogP) is 1.22. The third-order valence-electron chi connectivity index (χ3n) is 4.13. The number of hydroxylamine groups is 1. The molecule has 8 heteroatoms. The number of hydrogen-bond acceptors (Lipinski definition) is 6. The number of pyridine rings is 1. The van der Waals surface area contributed by atoms with Crippen LogP contribution in [0.25, 0.3) is 6.08 Å². The smallest absolute Gasteiger partial charge is 0.267 e. The molecule has 8 nitrogen and oxygen atoms in total. The Hall–Kier alpha value is -3.39. The summed E-state index contributed by atoms with van der Waals surface area (Å²) >= 11 is 0. The largest absolute Gasteiger partial charge is 0.362 e. The zero-order chi connectivity index (χ0) is 18.5. The van der Waals surface area contributed by atoms with E-state index in [0.717, 1.165) is 16.9 Å². The van der Waals surface area contributed by atoms with Crippen molar-refractivity contribution in [2.45, 2.75) is 6.17 Å². The number of fused-ring (bicyclic) bond motifs is 1. The molecule has 26 heavy (non-hydrogen) atoms. The summed E-state index contributed by atoms with van der Waals surface area (Å²) in [4.78, 5) is 29.2. The van der Waals surface area contributed by atoms with Crippen LogP contribution in [-0.2, 0) is 4.79 Å². The van der Waals surface area contributed by atoms with Crippen LogP contribution in [0, 0.1) is 0 Å². The van der Waals surface area contributed by atoms with E-state index >= 15 is 0 Å². The SMILES string of the molecule is CN1c2ccc(C=CC(=O)NO)cc2NC1CNC(=O)c1ccncc1. The van der Waals surface area contributed by atoms with Gasteiger partial charge in [-0.2, -0.15) is 0 Å². The summed E-state index contributed by atoms with van der Waals surface area (Å²) in [5.41, 5.74) is 4.83. The van der Waals surface area contributed by atoms with Crippen molar-refractivity contribution in [2.75, 3.05) is 23.8 Å². The lowest BCUT2D eigenvalue weighted by Crippen LogP contribution is -2.43. The summed E-state index contributed by atoms with van der Waals surface area (Å²) in [6, 6.07) is 9.03. The quantitative estimate of drug-likeness (QED) is 0.366. The minimum absolute atomic E-state index is 0.0873. The first kappa shape index (κ1) is 17.4. The van der Waals surface area contributed by atoms with Crippen LogP contribution in [0.3, 0.4) is 0 Å². The van der Waals surface area contributed by atoms with Gasteiger partial charge in [0, 0.05) is 31.1 Å². The second-order valence-corrected chi connectivity index (χ2v) is 5.80. The number of nitrogens with one attached hydrogen (secondary N) is 3. The molecule has 2 amide bonds.